The first-order chi connectivity index (χ1) is 12.3. The number of thioether (sulfide) groups is 1. The highest BCUT2D eigenvalue weighted by Gasteiger charge is 2.31. The fourth-order valence-corrected chi connectivity index (χ4v) is 4.41. The first-order valence-electron chi connectivity index (χ1n) is 8.45. The van der Waals surface area contributed by atoms with Crippen molar-refractivity contribution in [1.29, 1.82) is 0 Å². The molecule has 1 aliphatic rings. The number of para-hydroxylation sites is 2. The van der Waals surface area contributed by atoms with Crippen molar-refractivity contribution in [1.82, 2.24) is 0 Å². The molecule has 3 heteroatoms. The standard InChI is InChI=1S/C22H20O2S/c1-23-20-13-7-5-11-17(20)19-15-22(25-16-9-3-2-4-10-16)24-21-14-8-6-12-18(19)21/h2-14,19,22H,15H2,1H3/t19-,22-/m0/s1. The van der Waals surface area contributed by atoms with Crippen LogP contribution in [0.4, 0.5) is 0 Å². The molecule has 25 heavy (non-hydrogen) atoms. The smallest absolute Gasteiger partial charge is 0.149 e. The quantitative estimate of drug-likeness (QED) is 0.600. The second kappa shape index (κ2) is 7.24. The summed E-state index contributed by atoms with van der Waals surface area (Å²) in [4.78, 5) is 1.23. The number of methoxy groups -OCH3 is 1. The monoisotopic (exact) mass is 348 g/mol. The van der Waals surface area contributed by atoms with Crippen molar-refractivity contribution in [2.45, 2.75) is 22.7 Å². The summed E-state index contributed by atoms with van der Waals surface area (Å²) in [5.74, 6) is 2.17. The van der Waals surface area contributed by atoms with Gasteiger partial charge in [0, 0.05) is 28.4 Å². The van der Waals surface area contributed by atoms with Crippen LogP contribution < -0.4 is 9.47 Å². The Morgan fingerprint density at radius 1 is 0.840 bits per heavy atom. The minimum absolute atomic E-state index is 0.0761. The molecular weight excluding hydrogens is 328 g/mol. The predicted molar refractivity (Wildman–Crippen MR) is 103 cm³/mol. The Morgan fingerprint density at radius 2 is 1.52 bits per heavy atom. The zero-order valence-corrected chi connectivity index (χ0v) is 14.9. The van der Waals surface area contributed by atoms with Gasteiger partial charge in [-0.3, -0.25) is 0 Å². The van der Waals surface area contributed by atoms with Crippen molar-refractivity contribution in [3.63, 3.8) is 0 Å². The van der Waals surface area contributed by atoms with Gasteiger partial charge in [0.15, 0.2) is 0 Å². The molecule has 4 rings (SSSR count). The van der Waals surface area contributed by atoms with Gasteiger partial charge in [-0.05, 0) is 24.3 Å². The van der Waals surface area contributed by atoms with Crippen LogP contribution in [0.2, 0.25) is 0 Å². The van der Waals surface area contributed by atoms with Gasteiger partial charge in [0.2, 0.25) is 0 Å². The van der Waals surface area contributed by atoms with E-state index < -0.39 is 0 Å². The van der Waals surface area contributed by atoms with Gasteiger partial charge in [-0.15, -0.1) is 0 Å². The molecule has 3 aromatic rings. The van der Waals surface area contributed by atoms with Crippen LogP contribution >= 0.6 is 11.8 Å². The van der Waals surface area contributed by atoms with E-state index in [1.165, 1.54) is 16.0 Å². The van der Waals surface area contributed by atoms with E-state index in [0.29, 0.717) is 0 Å². The van der Waals surface area contributed by atoms with Gasteiger partial charge >= 0.3 is 0 Å². The summed E-state index contributed by atoms with van der Waals surface area (Å²) in [7, 11) is 1.74. The second-order valence-electron chi connectivity index (χ2n) is 6.05. The minimum Gasteiger partial charge on any atom is -0.496 e. The maximum atomic E-state index is 6.28. The third-order valence-corrected chi connectivity index (χ3v) is 5.60. The summed E-state index contributed by atoms with van der Waals surface area (Å²) < 4.78 is 11.9. The molecule has 0 bridgehead atoms. The van der Waals surface area contributed by atoms with Crippen LogP contribution in [-0.2, 0) is 0 Å². The third-order valence-electron chi connectivity index (χ3n) is 4.51. The molecule has 0 saturated carbocycles. The average molecular weight is 348 g/mol. The molecule has 2 nitrogen and oxygen atoms in total. The van der Waals surface area contributed by atoms with Crippen molar-refractivity contribution in [2.75, 3.05) is 7.11 Å². The molecule has 0 amide bonds. The molecule has 0 unspecified atom stereocenters. The molecule has 0 aliphatic carbocycles. The van der Waals surface area contributed by atoms with E-state index in [9.17, 15) is 0 Å². The van der Waals surface area contributed by atoms with E-state index >= 15 is 0 Å². The van der Waals surface area contributed by atoms with Crippen LogP contribution in [0.5, 0.6) is 11.5 Å². The first-order valence-corrected chi connectivity index (χ1v) is 9.33. The number of hydrogen-bond donors (Lipinski definition) is 0. The topological polar surface area (TPSA) is 18.5 Å². The average Bonchev–Trinajstić information content (AvgIpc) is 2.68. The Hall–Kier alpha value is -2.39. The van der Waals surface area contributed by atoms with Crippen LogP contribution in [0.3, 0.4) is 0 Å². The van der Waals surface area contributed by atoms with Crippen LogP contribution in [-0.4, -0.2) is 12.5 Å². The molecular formula is C22H20O2S. The van der Waals surface area contributed by atoms with Gasteiger partial charge in [-0.1, -0.05) is 66.4 Å². The lowest BCUT2D eigenvalue weighted by Gasteiger charge is -2.32. The van der Waals surface area contributed by atoms with E-state index in [0.717, 1.165) is 17.9 Å². The molecule has 2 atom stereocenters. The van der Waals surface area contributed by atoms with E-state index in [1.54, 1.807) is 18.9 Å². The van der Waals surface area contributed by atoms with Crippen LogP contribution in [0.25, 0.3) is 0 Å². The molecule has 0 N–H and O–H groups in total. The van der Waals surface area contributed by atoms with Crippen molar-refractivity contribution < 1.29 is 9.47 Å². The van der Waals surface area contributed by atoms with Crippen molar-refractivity contribution in [3.8, 4) is 11.5 Å². The van der Waals surface area contributed by atoms with Gasteiger partial charge in [-0.2, -0.15) is 0 Å². The Balaban J connectivity index is 1.70. The van der Waals surface area contributed by atoms with Gasteiger partial charge in [-0.25, -0.2) is 0 Å². The summed E-state index contributed by atoms with van der Waals surface area (Å²) in [6, 6.07) is 27.1. The van der Waals surface area contributed by atoms with Crippen molar-refractivity contribution >= 4 is 11.8 Å². The molecule has 0 spiro atoms. The Labute approximate surface area is 152 Å². The molecule has 1 heterocycles. The highest BCUT2D eigenvalue weighted by molar-refractivity contribution is 7.99. The van der Waals surface area contributed by atoms with E-state index in [2.05, 4.69) is 54.6 Å². The fraction of sp³-hybridized carbons (Fsp3) is 0.182. The molecule has 1 aliphatic heterocycles. The van der Waals surface area contributed by atoms with E-state index in [1.807, 2.05) is 24.3 Å². The van der Waals surface area contributed by atoms with Crippen molar-refractivity contribution in [2.24, 2.45) is 0 Å². The molecule has 0 saturated heterocycles. The first kappa shape index (κ1) is 16.1. The van der Waals surface area contributed by atoms with Crippen LogP contribution in [0, 0.1) is 0 Å². The lowest BCUT2D eigenvalue weighted by Crippen LogP contribution is -2.23. The zero-order chi connectivity index (χ0) is 17.1. The van der Waals surface area contributed by atoms with E-state index in [4.69, 9.17) is 9.47 Å². The molecule has 3 aromatic carbocycles. The maximum Gasteiger partial charge on any atom is 0.149 e. The van der Waals surface area contributed by atoms with Crippen LogP contribution in [0.1, 0.15) is 23.5 Å². The largest absolute Gasteiger partial charge is 0.496 e. The molecule has 0 fully saturated rings. The maximum absolute atomic E-state index is 6.28. The highest BCUT2D eigenvalue weighted by atomic mass is 32.2. The highest BCUT2D eigenvalue weighted by Crippen LogP contribution is 2.46. The number of fused-ring (bicyclic) bond motifs is 1. The van der Waals surface area contributed by atoms with Gasteiger partial charge < -0.3 is 9.47 Å². The SMILES string of the molecule is COc1ccccc1[C@@H]1C[C@H](Sc2ccccc2)Oc2ccccc21. The van der Waals surface area contributed by atoms with Crippen molar-refractivity contribution in [3.05, 3.63) is 90.0 Å². The molecule has 126 valence electrons. The number of benzene rings is 3. The minimum atomic E-state index is 0.0761. The summed E-state index contributed by atoms with van der Waals surface area (Å²) in [5.41, 5.74) is 2.53. The summed E-state index contributed by atoms with van der Waals surface area (Å²) in [5, 5.41) is 0. The van der Waals surface area contributed by atoms with E-state index in [-0.39, 0.29) is 11.4 Å². The fourth-order valence-electron chi connectivity index (χ4n) is 3.36. The lowest BCUT2D eigenvalue weighted by atomic mass is 9.86. The summed E-state index contributed by atoms with van der Waals surface area (Å²) in [6.45, 7) is 0. The predicted octanol–water partition coefficient (Wildman–Crippen LogP) is 5.73. The summed E-state index contributed by atoms with van der Waals surface area (Å²) in [6.07, 6.45) is 0.914. The summed E-state index contributed by atoms with van der Waals surface area (Å²) >= 11 is 1.78. The Kier molecular flexibility index (Phi) is 4.66. The second-order valence-corrected chi connectivity index (χ2v) is 7.28. The van der Waals surface area contributed by atoms with Gasteiger partial charge in [0.25, 0.3) is 0 Å². The van der Waals surface area contributed by atoms with Crippen LogP contribution in [0.15, 0.2) is 83.8 Å². The normalized spacial score (nSPS) is 18.9. The third kappa shape index (κ3) is 3.38. The zero-order valence-electron chi connectivity index (χ0n) is 14.1. The molecule has 0 radical (unpaired) electrons. The Morgan fingerprint density at radius 3 is 2.32 bits per heavy atom. The number of hydrogen-bond acceptors (Lipinski definition) is 3. The lowest BCUT2D eigenvalue weighted by molar-refractivity contribution is 0.244. The molecule has 0 aromatic heterocycles. The number of rotatable bonds is 4. The number of ether oxygens (including phenoxy) is 2. The van der Waals surface area contributed by atoms with Gasteiger partial charge in [0.05, 0.1) is 7.11 Å². The van der Waals surface area contributed by atoms with Gasteiger partial charge in [0.1, 0.15) is 16.9 Å². The Bertz CT molecular complexity index is 847.